The summed E-state index contributed by atoms with van der Waals surface area (Å²) in [5.74, 6) is 1.53. The number of hydrogen-bond donors (Lipinski definition) is 1. The van der Waals surface area contributed by atoms with Crippen LogP contribution in [0.15, 0.2) is 36.4 Å². The summed E-state index contributed by atoms with van der Waals surface area (Å²) in [5.41, 5.74) is 3.21. The standard InChI is InChI=1S/C21H27N.ClH/c1-2-6-16(7-3-1)18-10-11-19(17-12-14-22-15-13-17)21-9-5-4-8-20(18)21;/h4-5,8-11,16-17,22H,1-3,6-7,12-15H2;1H. The molecule has 124 valence electrons. The molecule has 0 amide bonds. The van der Waals surface area contributed by atoms with Gasteiger partial charge in [-0.15, -0.1) is 12.4 Å². The summed E-state index contributed by atoms with van der Waals surface area (Å²) in [5, 5.41) is 6.55. The number of rotatable bonds is 2. The molecule has 0 bridgehead atoms. The van der Waals surface area contributed by atoms with E-state index in [0.29, 0.717) is 0 Å². The lowest BCUT2D eigenvalue weighted by Crippen LogP contribution is -2.26. The topological polar surface area (TPSA) is 12.0 Å². The highest BCUT2D eigenvalue weighted by Crippen LogP contribution is 2.39. The molecule has 2 fully saturated rings. The molecule has 1 nitrogen and oxygen atoms in total. The van der Waals surface area contributed by atoms with Crippen LogP contribution in [0.25, 0.3) is 10.8 Å². The van der Waals surface area contributed by atoms with Gasteiger partial charge in [0.1, 0.15) is 0 Å². The highest BCUT2D eigenvalue weighted by Gasteiger charge is 2.21. The molecule has 1 N–H and O–H groups in total. The SMILES string of the molecule is Cl.c1ccc2c(C3CCNCC3)ccc(C3CCCCC3)c2c1. The van der Waals surface area contributed by atoms with Crippen LogP contribution in [0.4, 0.5) is 0 Å². The molecule has 0 unspecified atom stereocenters. The van der Waals surface area contributed by atoms with Crippen molar-refractivity contribution in [1.29, 1.82) is 0 Å². The van der Waals surface area contributed by atoms with Crippen LogP contribution >= 0.6 is 12.4 Å². The van der Waals surface area contributed by atoms with Crippen LogP contribution in [0.1, 0.15) is 67.9 Å². The van der Waals surface area contributed by atoms with E-state index < -0.39 is 0 Å². The van der Waals surface area contributed by atoms with Crippen LogP contribution in [0, 0.1) is 0 Å². The van der Waals surface area contributed by atoms with Crippen molar-refractivity contribution in [3.63, 3.8) is 0 Å². The minimum absolute atomic E-state index is 0. The van der Waals surface area contributed by atoms with Gasteiger partial charge in [-0.25, -0.2) is 0 Å². The van der Waals surface area contributed by atoms with E-state index in [0.717, 1.165) is 11.8 Å². The smallest absolute Gasteiger partial charge is 0.00431 e. The largest absolute Gasteiger partial charge is 0.317 e. The maximum absolute atomic E-state index is 3.50. The van der Waals surface area contributed by atoms with Crippen LogP contribution in [0.2, 0.25) is 0 Å². The van der Waals surface area contributed by atoms with E-state index in [1.165, 1.54) is 68.8 Å². The van der Waals surface area contributed by atoms with Crippen LogP contribution in [0.5, 0.6) is 0 Å². The van der Waals surface area contributed by atoms with Crippen molar-refractivity contribution >= 4 is 23.2 Å². The zero-order valence-corrected chi connectivity index (χ0v) is 14.7. The Kier molecular flexibility index (Phi) is 5.61. The molecule has 2 aromatic rings. The van der Waals surface area contributed by atoms with Crippen molar-refractivity contribution in [2.45, 2.75) is 56.8 Å². The molecule has 1 heterocycles. The number of hydrogen-bond acceptors (Lipinski definition) is 1. The molecule has 1 saturated carbocycles. The molecule has 0 aromatic heterocycles. The molecule has 23 heavy (non-hydrogen) atoms. The molecule has 1 aliphatic carbocycles. The van der Waals surface area contributed by atoms with Crippen LogP contribution < -0.4 is 5.32 Å². The molecule has 2 heteroatoms. The molecule has 2 aliphatic rings. The van der Waals surface area contributed by atoms with Gasteiger partial charge in [-0.2, -0.15) is 0 Å². The van der Waals surface area contributed by atoms with Crippen molar-refractivity contribution in [3.8, 4) is 0 Å². The summed E-state index contributed by atoms with van der Waals surface area (Å²) in [6.07, 6.45) is 9.60. The fourth-order valence-electron chi connectivity index (χ4n) is 4.60. The van der Waals surface area contributed by atoms with Gasteiger partial charge < -0.3 is 5.32 Å². The first-order valence-corrected chi connectivity index (χ1v) is 9.16. The summed E-state index contributed by atoms with van der Waals surface area (Å²) >= 11 is 0. The van der Waals surface area contributed by atoms with Gasteiger partial charge in [-0.05, 0) is 72.5 Å². The molecule has 0 atom stereocenters. The Morgan fingerprint density at radius 2 is 1.17 bits per heavy atom. The summed E-state index contributed by atoms with van der Waals surface area (Å²) in [7, 11) is 0. The van der Waals surface area contributed by atoms with Gasteiger partial charge in [0.2, 0.25) is 0 Å². The van der Waals surface area contributed by atoms with E-state index in [-0.39, 0.29) is 12.4 Å². The molecule has 0 radical (unpaired) electrons. The number of halogens is 1. The van der Waals surface area contributed by atoms with Crippen molar-refractivity contribution in [2.75, 3.05) is 13.1 Å². The molecule has 1 saturated heterocycles. The average molecular weight is 330 g/mol. The van der Waals surface area contributed by atoms with E-state index in [9.17, 15) is 0 Å². The maximum Gasteiger partial charge on any atom is -0.00431 e. The van der Waals surface area contributed by atoms with Gasteiger partial charge in [-0.1, -0.05) is 55.7 Å². The predicted molar refractivity (Wildman–Crippen MR) is 102 cm³/mol. The molecular formula is C21H28ClN. The van der Waals surface area contributed by atoms with Gasteiger partial charge in [0.05, 0.1) is 0 Å². The number of benzene rings is 2. The zero-order valence-electron chi connectivity index (χ0n) is 13.9. The first kappa shape index (κ1) is 16.8. The second-order valence-corrected chi connectivity index (χ2v) is 7.15. The van der Waals surface area contributed by atoms with Gasteiger partial charge in [0.15, 0.2) is 0 Å². The normalized spacial score (nSPS) is 20.3. The third kappa shape index (κ3) is 3.41. The quantitative estimate of drug-likeness (QED) is 0.736. The third-order valence-electron chi connectivity index (χ3n) is 5.82. The minimum Gasteiger partial charge on any atom is -0.317 e. The Labute approximate surface area is 146 Å². The van der Waals surface area contributed by atoms with Crippen LogP contribution in [-0.2, 0) is 0 Å². The Morgan fingerprint density at radius 3 is 1.74 bits per heavy atom. The van der Waals surface area contributed by atoms with E-state index in [1.807, 2.05) is 0 Å². The predicted octanol–water partition coefficient (Wildman–Crippen LogP) is 5.78. The second-order valence-electron chi connectivity index (χ2n) is 7.15. The first-order chi connectivity index (χ1) is 10.9. The summed E-state index contributed by atoms with van der Waals surface area (Å²) in [6.45, 7) is 2.34. The second kappa shape index (κ2) is 7.68. The Morgan fingerprint density at radius 1 is 0.652 bits per heavy atom. The number of fused-ring (bicyclic) bond motifs is 1. The molecule has 0 spiro atoms. The van der Waals surface area contributed by atoms with Crippen molar-refractivity contribution in [3.05, 3.63) is 47.5 Å². The van der Waals surface area contributed by atoms with Crippen molar-refractivity contribution < 1.29 is 0 Å². The Hall–Kier alpha value is -1.05. The van der Waals surface area contributed by atoms with Gasteiger partial charge in [0, 0.05) is 0 Å². The average Bonchev–Trinajstić information content (AvgIpc) is 2.62. The summed E-state index contributed by atoms with van der Waals surface area (Å²) in [6, 6.07) is 14.1. The third-order valence-corrected chi connectivity index (χ3v) is 5.82. The Balaban J connectivity index is 0.00000156. The van der Waals surface area contributed by atoms with E-state index in [2.05, 4.69) is 41.7 Å². The van der Waals surface area contributed by atoms with E-state index >= 15 is 0 Å². The van der Waals surface area contributed by atoms with Gasteiger partial charge in [0.25, 0.3) is 0 Å². The fourth-order valence-corrected chi connectivity index (χ4v) is 4.60. The van der Waals surface area contributed by atoms with Crippen molar-refractivity contribution in [1.82, 2.24) is 5.32 Å². The Bertz CT molecular complexity index is 583. The summed E-state index contributed by atoms with van der Waals surface area (Å²) in [4.78, 5) is 0. The first-order valence-electron chi connectivity index (χ1n) is 9.16. The maximum atomic E-state index is 3.50. The lowest BCUT2D eigenvalue weighted by molar-refractivity contribution is 0.445. The van der Waals surface area contributed by atoms with Crippen molar-refractivity contribution in [2.24, 2.45) is 0 Å². The molecule has 2 aromatic carbocycles. The fraction of sp³-hybridized carbons (Fsp3) is 0.524. The summed E-state index contributed by atoms with van der Waals surface area (Å²) < 4.78 is 0. The highest BCUT2D eigenvalue weighted by molar-refractivity contribution is 5.89. The highest BCUT2D eigenvalue weighted by atomic mass is 35.5. The van der Waals surface area contributed by atoms with Crippen LogP contribution in [0.3, 0.4) is 0 Å². The van der Waals surface area contributed by atoms with E-state index in [4.69, 9.17) is 0 Å². The lowest BCUT2D eigenvalue weighted by atomic mass is 9.79. The molecule has 4 rings (SSSR count). The van der Waals surface area contributed by atoms with Gasteiger partial charge >= 0.3 is 0 Å². The number of piperidine rings is 1. The number of nitrogens with one attached hydrogen (secondary N) is 1. The van der Waals surface area contributed by atoms with E-state index in [1.54, 1.807) is 11.1 Å². The zero-order chi connectivity index (χ0) is 14.8. The lowest BCUT2D eigenvalue weighted by Gasteiger charge is -2.27. The monoisotopic (exact) mass is 329 g/mol. The molecular weight excluding hydrogens is 302 g/mol. The minimum atomic E-state index is 0. The van der Waals surface area contributed by atoms with Crippen LogP contribution in [-0.4, -0.2) is 13.1 Å². The van der Waals surface area contributed by atoms with Gasteiger partial charge in [-0.3, -0.25) is 0 Å². The molecule has 1 aliphatic heterocycles.